The lowest BCUT2D eigenvalue weighted by Crippen LogP contribution is -2.25. The van der Waals surface area contributed by atoms with Gasteiger partial charge in [-0.05, 0) is 36.9 Å². The fourth-order valence-electron chi connectivity index (χ4n) is 2.29. The minimum absolute atomic E-state index is 0.139. The molecule has 0 heterocycles. The van der Waals surface area contributed by atoms with E-state index in [0.717, 1.165) is 11.3 Å². The quantitative estimate of drug-likeness (QED) is 0.805. The Hall–Kier alpha value is -1.52. The fraction of sp³-hybridized carbons (Fsp3) is 0.294. The molecular weight excluding hydrogens is 285 g/mol. The zero-order chi connectivity index (χ0) is 15.2. The van der Waals surface area contributed by atoms with E-state index in [1.165, 1.54) is 17.8 Å². The molecule has 2 nitrogen and oxygen atoms in total. The first-order chi connectivity index (χ1) is 10.2. The fourth-order valence-corrected chi connectivity index (χ4v) is 3.46. The number of nitrogens with one attached hydrogen (secondary N) is 1. The van der Waals surface area contributed by atoms with Gasteiger partial charge in [0.15, 0.2) is 0 Å². The molecule has 0 radical (unpaired) electrons. The summed E-state index contributed by atoms with van der Waals surface area (Å²) in [4.78, 5) is 0.679. The number of halogens is 1. The molecule has 0 aromatic heterocycles. The first-order valence-corrected chi connectivity index (χ1v) is 7.76. The molecule has 4 heteroatoms. The molecular formula is C17H20FNOS. The summed E-state index contributed by atoms with van der Waals surface area (Å²) in [6, 6.07) is 15.0. The molecule has 0 aliphatic heterocycles. The SMILES string of the molecule is CNC(c1ccc(OC)cc1)C(C)Sc1ccccc1F. The van der Waals surface area contributed by atoms with E-state index in [0.29, 0.717) is 4.90 Å². The van der Waals surface area contributed by atoms with Gasteiger partial charge in [0.2, 0.25) is 0 Å². The zero-order valence-electron chi connectivity index (χ0n) is 12.5. The largest absolute Gasteiger partial charge is 0.497 e. The zero-order valence-corrected chi connectivity index (χ0v) is 13.3. The van der Waals surface area contributed by atoms with Gasteiger partial charge >= 0.3 is 0 Å². The van der Waals surface area contributed by atoms with Crippen LogP contribution in [0.2, 0.25) is 0 Å². The third-order valence-electron chi connectivity index (χ3n) is 3.40. The third kappa shape index (κ3) is 3.99. The lowest BCUT2D eigenvalue weighted by Gasteiger charge is -2.24. The van der Waals surface area contributed by atoms with Gasteiger partial charge in [0.05, 0.1) is 7.11 Å². The van der Waals surface area contributed by atoms with Crippen LogP contribution in [0.4, 0.5) is 4.39 Å². The predicted molar refractivity (Wildman–Crippen MR) is 86.5 cm³/mol. The molecule has 0 saturated carbocycles. The average molecular weight is 305 g/mol. The van der Waals surface area contributed by atoms with Crippen LogP contribution in [-0.2, 0) is 0 Å². The van der Waals surface area contributed by atoms with Crippen LogP contribution in [-0.4, -0.2) is 19.4 Å². The van der Waals surface area contributed by atoms with E-state index in [4.69, 9.17) is 4.74 Å². The number of ether oxygens (including phenoxy) is 1. The van der Waals surface area contributed by atoms with Crippen LogP contribution in [0.15, 0.2) is 53.4 Å². The van der Waals surface area contributed by atoms with E-state index in [1.807, 2.05) is 43.4 Å². The highest BCUT2D eigenvalue weighted by Crippen LogP contribution is 2.33. The summed E-state index contributed by atoms with van der Waals surface area (Å²) in [5, 5.41) is 3.51. The Morgan fingerprint density at radius 2 is 1.76 bits per heavy atom. The highest BCUT2D eigenvalue weighted by molar-refractivity contribution is 8.00. The number of hydrogen-bond donors (Lipinski definition) is 1. The van der Waals surface area contributed by atoms with Crippen LogP contribution in [0, 0.1) is 5.82 Å². The van der Waals surface area contributed by atoms with E-state index in [-0.39, 0.29) is 17.1 Å². The normalized spacial score (nSPS) is 13.7. The predicted octanol–water partition coefficient (Wildman–Crippen LogP) is 4.28. The Labute approximate surface area is 129 Å². The molecule has 0 aliphatic carbocycles. The van der Waals surface area contributed by atoms with Gasteiger partial charge in [-0.3, -0.25) is 0 Å². The van der Waals surface area contributed by atoms with Crippen LogP contribution in [0.5, 0.6) is 5.75 Å². The molecule has 21 heavy (non-hydrogen) atoms. The van der Waals surface area contributed by atoms with Gasteiger partial charge in [-0.2, -0.15) is 0 Å². The van der Waals surface area contributed by atoms with Gasteiger partial charge in [0.1, 0.15) is 11.6 Å². The lowest BCUT2D eigenvalue weighted by molar-refractivity contribution is 0.414. The van der Waals surface area contributed by atoms with Crippen LogP contribution in [0.1, 0.15) is 18.5 Å². The van der Waals surface area contributed by atoms with Crippen molar-refractivity contribution in [1.29, 1.82) is 0 Å². The summed E-state index contributed by atoms with van der Waals surface area (Å²) >= 11 is 1.54. The molecule has 0 aliphatic rings. The third-order valence-corrected chi connectivity index (χ3v) is 4.63. The van der Waals surface area contributed by atoms with Crippen molar-refractivity contribution in [2.24, 2.45) is 0 Å². The molecule has 0 bridgehead atoms. The summed E-state index contributed by atoms with van der Waals surface area (Å²) in [5.74, 6) is 0.668. The second-order valence-electron chi connectivity index (χ2n) is 4.79. The van der Waals surface area contributed by atoms with E-state index < -0.39 is 0 Å². The molecule has 2 atom stereocenters. The maximum Gasteiger partial charge on any atom is 0.136 e. The molecule has 2 aromatic rings. The Kier molecular flexibility index (Phi) is 5.65. The summed E-state index contributed by atoms with van der Waals surface area (Å²) in [7, 11) is 3.58. The maximum atomic E-state index is 13.8. The van der Waals surface area contributed by atoms with Crippen LogP contribution in [0.25, 0.3) is 0 Å². The van der Waals surface area contributed by atoms with Gasteiger partial charge in [0.25, 0.3) is 0 Å². The minimum atomic E-state index is -0.168. The summed E-state index contributed by atoms with van der Waals surface area (Å²) in [6.45, 7) is 2.10. The Balaban J connectivity index is 2.14. The van der Waals surface area contributed by atoms with Crippen molar-refractivity contribution >= 4 is 11.8 Å². The van der Waals surface area contributed by atoms with Crippen molar-refractivity contribution < 1.29 is 9.13 Å². The van der Waals surface area contributed by atoms with E-state index in [9.17, 15) is 4.39 Å². The van der Waals surface area contributed by atoms with Crippen molar-refractivity contribution in [1.82, 2.24) is 5.32 Å². The van der Waals surface area contributed by atoms with Crippen LogP contribution < -0.4 is 10.1 Å². The van der Waals surface area contributed by atoms with Crippen molar-refractivity contribution in [2.75, 3.05) is 14.2 Å². The Morgan fingerprint density at radius 1 is 1.10 bits per heavy atom. The first-order valence-electron chi connectivity index (χ1n) is 6.88. The molecule has 0 saturated heterocycles. The van der Waals surface area contributed by atoms with Crippen LogP contribution in [0.3, 0.4) is 0 Å². The van der Waals surface area contributed by atoms with Crippen molar-refractivity contribution in [2.45, 2.75) is 23.1 Å². The highest BCUT2D eigenvalue weighted by Gasteiger charge is 2.19. The highest BCUT2D eigenvalue weighted by atomic mass is 32.2. The molecule has 1 N–H and O–H groups in total. The number of hydrogen-bond acceptors (Lipinski definition) is 3. The second kappa shape index (κ2) is 7.48. The van der Waals surface area contributed by atoms with E-state index >= 15 is 0 Å². The molecule has 112 valence electrons. The number of thioether (sulfide) groups is 1. The lowest BCUT2D eigenvalue weighted by atomic mass is 10.0. The smallest absolute Gasteiger partial charge is 0.136 e. The van der Waals surface area contributed by atoms with Gasteiger partial charge in [0, 0.05) is 16.2 Å². The standard InChI is InChI=1S/C17H20FNOS/c1-12(21-16-7-5-4-6-15(16)18)17(19-2)13-8-10-14(20-3)11-9-13/h4-12,17,19H,1-3H3. The van der Waals surface area contributed by atoms with E-state index in [2.05, 4.69) is 12.2 Å². The number of methoxy groups -OCH3 is 1. The number of benzene rings is 2. The van der Waals surface area contributed by atoms with Crippen molar-refractivity contribution in [3.05, 3.63) is 59.9 Å². The van der Waals surface area contributed by atoms with E-state index in [1.54, 1.807) is 13.2 Å². The van der Waals surface area contributed by atoms with Gasteiger partial charge in [-0.25, -0.2) is 4.39 Å². The topological polar surface area (TPSA) is 21.3 Å². The molecule has 0 fully saturated rings. The second-order valence-corrected chi connectivity index (χ2v) is 6.21. The Bertz CT molecular complexity index is 573. The van der Waals surface area contributed by atoms with Gasteiger partial charge in [-0.15, -0.1) is 11.8 Å². The van der Waals surface area contributed by atoms with Gasteiger partial charge < -0.3 is 10.1 Å². The molecule has 2 rings (SSSR count). The first kappa shape index (κ1) is 15.9. The van der Waals surface area contributed by atoms with Crippen molar-refractivity contribution in [3.8, 4) is 5.75 Å². The van der Waals surface area contributed by atoms with Crippen molar-refractivity contribution in [3.63, 3.8) is 0 Å². The summed E-state index contributed by atoms with van der Waals surface area (Å²) in [6.07, 6.45) is 0. The monoisotopic (exact) mass is 305 g/mol. The molecule has 2 unspecified atom stereocenters. The number of rotatable bonds is 6. The van der Waals surface area contributed by atoms with Gasteiger partial charge in [-0.1, -0.05) is 31.2 Å². The summed E-state index contributed by atoms with van der Waals surface area (Å²) in [5.41, 5.74) is 1.16. The minimum Gasteiger partial charge on any atom is -0.497 e. The Morgan fingerprint density at radius 3 is 2.33 bits per heavy atom. The maximum absolute atomic E-state index is 13.8. The molecule has 0 amide bonds. The van der Waals surface area contributed by atoms with Crippen LogP contribution >= 0.6 is 11.8 Å². The average Bonchev–Trinajstić information content (AvgIpc) is 2.51. The molecule has 2 aromatic carbocycles. The molecule has 0 spiro atoms. The summed E-state index contributed by atoms with van der Waals surface area (Å²) < 4.78 is 18.9.